The zero-order valence-electron chi connectivity index (χ0n) is 14.0. The normalized spacial score (nSPS) is 20.9. The second-order valence-corrected chi connectivity index (χ2v) is 8.14. The van der Waals surface area contributed by atoms with Gasteiger partial charge in [-0.1, -0.05) is 49.7 Å². The average molecular weight is 353 g/mol. The minimum absolute atomic E-state index is 0.388. The van der Waals surface area contributed by atoms with Crippen molar-refractivity contribution >= 4 is 21.6 Å². The highest BCUT2D eigenvalue weighted by Crippen LogP contribution is 2.37. The van der Waals surface area contributed by atoms with E-state index in [1.807, 2.05) is 0 Å². The highest BCUT2D eigenvalue weighted by atomic mass is 79.9. The number of nitrogens with zero attached hydrogens (tertiary/aromatic N) is 1. The Morgan fingerprint density at radius 3 is 2.62 bits per heavy atom. The smallest absolute Gasteiger partial charge is 0.0377 e. The quantitative estimate of drug-likeness (QED) is 0.820. The van der Waals surface area contributed by atoms with Gasteiger partial charge in [-0.25, -0.2) is 0 Å². The van der Waals surface area contributed by atoms with Crippen LogP contribution < -0.4 is 10.2 Å². The van der Waals surface area contributed by atoms with Crippen LogP contribution in [0.1, 0.15) is 52.6 Å². The predicted octanol–water partition coefficient (Wildman–Crippen LogP) is 4.99. The van der Waals surface area contributed by atoms with Crippen molar-refractivity contribution in [1.82, 2.24) is 5.32 Å². The number of benzene rings is 1. The van der Waals surface area contributed by atoms with Crippen LogP contribution in [0.15, 0.2) is 22.7 Å². The first-order chi connectivity index (χ1) is 9.82. The van der Waals surface area contributed by atoms with Gasteiger partial charge in [0.2, 0.25) is 0 Å². The molecular formula is C18H29BrN2. The molecule has 0 amide bonds. The van der Waals surface area contributed by atoms with Gasteiger partial charge in [0, 0.05) is 29.3 Å². The summed E-state index contributed by atoms with van der Waals surface area (Å²) in [7, 11) is 0. The maximum absolute atomic E-state index is 3.75. The molecule has 0 aliphatic carbocycles. The van der Waals surface area contributed by atoms with Gasteiger partial charge >= 0.3 is 0 Å². The first-order valence-corrected chi connectivity index (χ1v) is 8.90. The van der Waals surface area contributed by atoms with Crippen LogP contribution in [-0.4, -0.2) is 19.6 Å². The minimum atomic E-state index is 0.388. The molecule has 21 heavy (non-hydrogen) atoms. The summed E-state index contributed by atoms with van der Waals surface area (Å²) in [5.41, 5.74) is 3.10. The minimum Gasteiger partial charge on any atom is -0.371 e. The third kappa shape index (κ3) is 4.01. The van der Waals surface area contributed by atoms with Gasteiger partial charge in [-0.3, -0.25) is 0 Å². The molecule has 118 valence electrons. The Labute approximate surface area is 138 Å². The van der Waals surface area contributed by atoms with Crippen molar-refractivity contribution in [2.24, 2.45) is 11.3 Å². The molecule has 2 atom stereocenters. The molecule has 0 saturated carbocycles. The summed E-state index contributed by atoms with van der Waals surface area (Å²) in [5, 5.41) is 3.47. The van der Waals surface area contributed by atoms with E-state index in [0.29, 0.717) is 11.5 Å². The molecule has 1 heterocycles. The molecule has 1 aliphatic heterocycles. The Balaban J connectivity index is 2.11. The van der Waals surface area contributed by atoms with Crippen LogP contribution in [0.25, 0.3) is 0 Å². The summed E-state index contributed by atoms with van der Waals surface area (Å²) >= 11 is 3.75. The first-order valence-electron chi connectivity index (χ1n) is 8.10. The summed E-state index contributed by atoms with van der Waals surface area (Å²) in [6.45, 7) is 14.8. The third-order valence-electron chi connectivity index (χ3n) is 4.74. The molecule has 0 spiro atoms. The van der Waals surface area contributed by atoms with Crippen LogP contribution in [0.5, 0.6) is 0 Å². The molecule has 0 bridgehead atoms. The summed E-state index contributed by atoms with van der Waals surface area (Å²) in [5.74, 6) is 0.789. The number of hydrogen-bond donors (Lipinski definition) is 1. The Hall–Kier alpha value is -0.540. The van der Waals surface area contributed by atoms with Crippen molar-refractivity contribution in [3.05, 3.63) is 28.2 Å². The molecule has 1 aromatic carbocycles. The number of rotatable bonds is 4. The van der Waals surface area contributed by atoms with Crippen LogP contribution in [0.4, 0.5) is 5.69 Å². The van der Waals surface area contributed by atoms with Crippen molar-refractivity contribution < 1.29 is 0 Å². The van der Waals surface area contributed by atoms with Crippen molar-refractivity contribution in [2.45, 2.75) is 47.1 Å². The third-order valence-corrected chi connectivity index (χ3v) is 5.43. The second-order valence-electron chi connectivity index (χ2n) is 7.28. The van der Waals surface area contributed by atoms with Crippen LogP contribution in [0.3, 0.4) is 0 Å². The predicted molar refractivity (Wildman–Crippen MR) is 96.0 cm³/mol. The zero-order chi connectivity index (χ0) is 15.6. The van der Waals surface area contributed by atoms with Gasteiger partial charge in [-0.05, 0) is 48.9 Å². The molecule has 2 unspecified atom stereocenters. The lowest BCUT2D eigenvalue weighted by atomic mass is 9.80. The van der Waals surface area contributed by atoms with Gasteiger partial charge in [0.25, 0.3) is 0 Å². The molecule has 0 radical (unpaired) electrons. The molecule has 1 N–H and O–H groups in total. The Kier molecular flexibility index (Phi) is 5.37. The topological polar surface area (TPSA) is 15.3 Å². The molecule has 1 saturated heterocycles. The fraction of sp³-hybridized carbons (Fsp3) is 0.667. The first kappa shape index (κ1) is 16.8. The Bertz CT molecular complexity index is 479. The van der Waals surface area contributed by atoms with E-state index in [2.05, 4.69) is 79.0 Å². The summed E-state index contributed by atoms with van der Waals surface area (Å²) in [6.07, 6.45) is 1.30. The van der Waals surface area contributed by atoms with Gasteiger partial charge in [-0.15, -0.1) is 0 Å². The second kappa shape index (κ2) is 6.70. The number of anilines is 1. The maximum atomic E-state index is 3.75. The van der Waals surface area contributed by atoms with Crippen LogP contribution in [-0.2, 0) is 0 Å². The lowest BCUT2D eigenvalue weighted by molar-refractivity contribution is 0.263. The van der Waals surface area contributed by atoms with Crippen LogP contribution in [0.2, 0.25) is 0 Å². The Morgan fingerprint density at radius 2 is 2.10 bits per heavy atom. The van der Waals surface area contributed by atoms with E-state index in [4.69, 9.17) is 0 Å². The lowest BCUT2D eigenvalue weighted by Crippen LogP contribution is -2.26. The van der Waals surface area contributed by atoms with Gasteiger partial charge in [-0.2, -0.15) is 0 Å². The highest BCUT2D eigenvalue weighted by Gasteiger charge is 2.31. The molecule has 1 aliphatic rings. The monoisotopic (exact) mass is 352 g/mol. The lowest BCUT2D eigenvalue weighted by Gasteiger charge is -2.27. The number of hydrogen-bond acceptors (Lipinski definition) is 2. The summed E-state index contributed by atoms with van der Waals surface area (Å²) in [6, 6.07) is 7.21. The van der Waals surface area contributed by atoms with Crippen molar-refractivity contribution in [3.63, 3.8) is 0 Å². The van der Waals surface area contributed by atoms with Crippen molar-refractivity contribution in [3.8, 4) is 0 Å². The fourth-order valence-corrected chi connectivity index (χ4v) is 3.89. The van der Waals surface area contributed by atoms with E-state index in [1.54, 1.807) is 0 Å². The van der Waals surface area contributed by atoms with Gasteiger partial charge in [0.05, 0.1) is 0 Å². The summed E-state index contributed by atoms with van der Waals surface area (Å²) in [4.78, 5) is 2.53. The van der Waals surface area contributed by atoms with Crippen molar-refractivity contribution in [1.29, 1.82) is 0 Å². The van der Waals surface area contributed by atoms with E-state index in [-0.39, 0.29) is 0 Å². The molecular weight excluding hydrogens is 324 g/mol. The van der Waals surface area contributed by atoms with Crippen molar-refractivity contribution in [2.75, 3.05) is 24.5 Å². The number of nitrogens with one attached hydrogen (secondary N) is 1. The molecule has 2 rings (SSSR count). The number of halogens is 1. The van der Waals surface area contributed by atoms with Gasteiger partial charge in [0.1, 0.15) is 0 Å². The van der Waals surface area contributed by atoms with Gasteiger partial charge in [0.15, 0.2) is 0 Å². The van der Waals surface area contributed by atoms with Crippen LogP contribution >= 0.6 is 15.9 Å². The van der Waals surface area contributed by atoms with Gasteiger partial charge < -0.3 is 10.2 Å². The highest BCUT2D eigenvalue weighted by molar-refractivity contribution is 9.10. The van der Waals surface area contributed by atoms with E-state index in [9.17, 15) is 0 Å². The SMILES string of the molecule is CCNC(C)c1ccc(N2CCC(C(C)(C)C)C2)cc1Br. The largest absolute Gasteiger partial charge is 0.371 e. The molecule has 2 nitrogen and oxygen atoms in total. The molecule has 0 aromatic heterocycles. The van der Waals surface area contributed by atoms with E-state index < -0.39 is 0 Å². The Morgan fingerprint density at radius 1 is 1.38 bits per heavy atom. The standard InChI is InChI=1S/C18H29BrN2/c1-6-20-13(2)16-8-7-15(11-17(16)19)21-10-9-14(12-21)18(3,4)5/h7-8,11,13-14,20H,6,9-10,12H2,1-5H3. The average Bonchev–Trinajstić information content (AvgIpc) is 2.88. The van der Waals surface area contributed by atoms with E-state index in [0.717, 1.165) is 12.5 Å². The van der Waals surface area contributed by atoms with E-state index in [1.165, 1.54) is 35.2 Å². The fourth-order valence-electron chi connectivity index (χ4n) is 3.18. The zero-order valence-corrected chi connectivity index (χ0v) is 15.6. The molecule has 1 fully saturated rings. The van der Waals surface area contributed by atoms with E-state index >= 15 is 0 Å². The van der Waals surface area contributed by atoms with Crippen LogP contribution in [0, 0.1) is 11.3 Å². The maximum Gasteiger partial charge on any atom is 0.0377 e. The molecule has 1 aromatic rings. The molecule has 3 heteroatoms. The summed E-state index contributed by atoms with van der Waals surface area (Å²) < 4.78 is 1.22.